The second kappa shape index (κ2) is 7.50. The van der Waals surface area contributed by atoms with Crippen LogP contribution in [0.1, 0.15) is 24.5 Å². The van der Waals surface area contributed by atoms with Crippen LogP contribution in [0.15, 0.2) is 42.5 Å². The quantitative estimate of drug-likeness (QED) is 0.802. The number of carbonyl (C=O) groups is 1. The molecular weight excluding hydrogens is 276 g/mol. The molecule has 0 bridgehead atoms. The third-order valence-corrected chi connectivity index (χ3v) is 3.29. The van der Waals surface area contributed by atoms with Gasteiger partial charge in [-0.1, -0.05) is 19.1 Å². The molecule has 22 heavy (non-hydrogen) atoms. The first-order valence-electron chi connectivity index (χ1n) is 7.46. The lowest BCUT2D eigenvalue weighted by atomic mass is 10.1. The maximum absolute atomic E-state index is 12.1. The third kappa shape index (κ3) is 4.52. The number of hydrogen-bond donors (Lipinski definition) is 2. The van der Waals surface area contributed by atoms with Crippen LogP contribution in [0.3, 0.4) is 0 Å². The molecule has 2 rings (SSSR count). The van der Waals surface area contributed by atoms with Crippen molar-refractivity contribution in [3.05, 3.63) is 53.6 Å². The minimum atomic E-state index is -0.0462. The monoisotopic (exact) mass is 298 g/mol. The van der Waals surface area contributed by atoms with Crippen LogP contribution in [0.4, 0.5) is 11.4 Å². The summed E-state index contributed by atoms with van der Waals surface area (Å²) in [6, 6.07) is 13.0. The van der Waals surface area contributed by atoms with E-state index < -0.39 is 0 Å². The van der Waals surface area contributed by atoms with E-state index in [9.17, 15) is 4.79 Å². The molecule has 0 saturated heterocycles. The van der Waals surface area contributed by atoms with Gasteiger partial charge < -0.3 is 15.8 Å². The number of amides is 1. The molecule has 4 nitrogen and oxygen atoms in total. The van der Waals surface area contributed by atoms with Gasteiger partial charge in [0.15, 0.2) is 0 Å². The molecular formula is C18H22N2O2. The molecule has 0 fully saturated rings. The highest BCUT2D eigenvalue weighted by Gasteiger charge is 2.07. The number of nitrogens with two attached hydrogens (primary N) is 1. The molecule has 116 valence electrons. The van der Waals surface area contributed by atoms with Crippen molar-refractivity contribution in [3.8, 4) is 5.75 Å². The molecule has 2 aromatic rings. The van der Waals surface area contributed by atoms with E-state index in [0.717, 1.165) is 29.0 Å². The van der Waals surface area contributed by atoms with Crippen LogP contribution in [0.2, 0.25) is 0 Å². The zero-order chi connectivity index (χ0) is 15.9. The third-order valence-electron chi connectivity index (χ3n) is 3.29. The van der Waals surface area contributed by atoms with Crippen LogP contribution in [0.25, 0.3) is 0 Å². The van der Waals surface area contributed by atoms with Crippen molar-refractivity contribution in [2.75, 3.05) is 17.7 Å². The highest BCUT2D eigenvalue weighted by Crippen LogP contribution is 2.21. The Hall–Kier alpha value is -2.49. The number of carbonyl (C=O) groups excluding carboxylic acids is 1. The summed E-state index contributed by atoms with van der Waals surface area (Å²) in [7, 11) is 0. The van der Waals surface area contributed by atoms with E-state index in [4.69, 9.17) is 10.5 Å². The lowest BCUT2D eigenvalue weighted by Crippen LogP contribution is -2.15. The summed E-state index contributed by atoms with van der Waals surface area (Å²) < 4.78 is 5.58. The van der Waals surface area contributed by atoms with Crippen LogP contribution >= 0.6 is 0 Å². The Bertz CT molecular complexity index is 636. The molecule has 0 unspecified atom stereocenters. The number of nitrogens with one attached hydrogen (secondary N) is 1. The summed E-state index contributed by atoms with van der Waals surface area (Å²) in [4.78, 5) is 12.1. The predicted octanol–water partition coefficient (Wildman–Crippen LogP) is 3.55. The Balaban J connectivity index is 1.97. The number of hydrogen-bond acceptors (Lipinski definition) is 3. The van der Waals surface area contributed by atoms with Crippen LogP contribution in [-0.4, -0.2) is 12.5 Å². The molecule has 0 aliphatic rings. The standard InChI is InChI=1S/C18H22N2O2/c1-3-10-22-16-8-9-17(13(2)11-16)20-18(21)12-14-4-6-15(19)7-5-14/h4-9,11H,3,10,12,19H2,1-2H3,(H,20,21). The van der Waals surface area contributed by atoms with Crippen molar-refractivity contribution < 1.29 is 9.53 Å². The number of nitrogen functional groups attached to an aromatic ring is 1. The number of benzene rings is 2. The molecule has 0 radical (unpaired) electrons. The zero-order valence-electron chi connectivity index (χ0n) is 13.1. The molecule has 0 aromatic heterocycles. The largest absolute Gasteiger partial charge is 0.494 e. The predicted molar refractivity (Wildman–Crippen MR) is 90.2 cm³/mol. The van der Waals surface area contributed by atoms with Crippen LogP contribution in [0, 0.1) is 6.92 Å². The Morgan fingerprint density at radius 1 is 1.18 bits per heavy atom. The highest BCUT2D eigenvalue weighted by atomic mass is 16.5. The molecule has 0 aliphatic carbocycles. The fourth-order valence-corrected chi connectivity index (χ4v) is 2.10. The fraction of sp³-hybridized carbons (Fsp3) is 0.278. The van der Waals surface area contributed by atoms with E-state index in [1.807, 2.05) is 37.3 Å². The van der Waals surface area contributed by atoms with Crippen molar-refractivity contribution in [2.45, 2.75) is 26.7 Å². The van der Waals surface area contributed by atoms with Crippen LogP contribution in [-0.2, 0) is 11.2 Å². The van der Waals surface area contributed by atoms with Gasteiger partial charge in [0.05, 0.1) is 13.0 Å². The Labute approximate surface area is 131 Å². The number of aryl methyl sites for hydroxylation is 1. The number of anilines is 2. The summed E-state index contributed by atoms with van der Waals surface area (Å²) in [5, 5.41) is 2.93. The van der Waals surface area contributed by atoms with E-state index in [0.29, 0.717) is 18.7 Å². The second-order valence-corrected chi connectivity index (χ2v) is 5.29. The first kappa shape index (κ1) is 15.9. The molecule has 0 saturated carbocycles. The minimum absolute atomic E-state index is 0.0462. The zero-order valence-corrected chi connectivity index (χ0v) is 13.1. The topological polar surface area (TPSA) is 64.3 Å². The smallest absolute Gasteiger partial charge is 0.228 e. The van der Waals surface area contributed by atoms with Gasteiger partial charge >= 0.3 is 0 Å². The molecule has 4 heteroatoms. The van der Waals surface area contributed by atoms with E-state index in [-0.39, 0.29) is 5.91 Å². The van der Waals surface area contributed by atoms with Crippen molar-refractivity contribution in [1.29, 1.82) is 0 Å². The Morgan fingerprint density at radius 3 is 2.55 bits per heavy atom. The second-order valence-electron chi connectivity index (χ2n) is 5.29. The van der Waals surface area contributed by atoms with Crippen molar-refractivity contribution in [2.24, 2.45) is 0 Å². The van der Waals surface area contributed by atoms with Gasteiger partial charge in [0.2, 0.25) is 5.91 Å². The molecule has 1 amide bonds. The normalized spacial score (nSPS) is 10.3. The molecule has 0 heterocycles. The van der Waals surface area contributed by atoms with Crippen molar-refractivity contribution in [3.63, 3.8) is 0 Å². The summed E-state index contributed by atoms with van der Waals surface area (Å²) >= 11 is 0. The highest BCUT2D eigenvalue weighted by molar-refractivity contribution is 5.93. The lowest BCUT2D eigenvalue weighted by Gasteiger charge is -2.11. The maximum Gasteiger partial charge on any atom is 0.228 e. The van der Waals surface area contributed by atoms with Gasteiger partial charge in [-0.25, -0.2) is 0 Å². The minimum Gasteiger partial charge on any atom is -0.494 e. The van der Waals surface area contributed by atoms with Gasteiger partial charge in [0.1, 0.15) is 5.75 Å². The average Bonchev–Trinajstić information content (AvgIpc) is 2.50. The fourth-order valence-electron chi connectivity index (χ4n) is 2.10. The van der Waals surface area contributed by atoms with Crippen molar-refractivity contribution in [1.82, 2.24) is 0 Å². The summed E-state index contributed by atoms with van der Waals surface area (Å²) in [6.45, 7) is 4.72. The van der Waals surface area contributed by atoms with Crippen LogP contribution in [0.5, 0.6) is 5.75 Å². The molecule has 0 spiro atoms. The summed E-state index contributed by atoms with van der Waals surface area (Å²) in [5.41, 5.74) is 9.07. The molecule has 3 N–H and O–H groups in total. The van der Waals surface area contributed by atoms with Gasteiger partial charge in [-0.15, -0.1) is 0 Å². The average molecular weight is 298 g/mol. The van der Waals surface area contributed by atoms with Crippen LogP contribution < -0.4 is 15.8 Å². The van der Waals surface area contributed by atoms with Gasteiger partial charge in [-0.3, -0.25) is 4.79 Å². The van der Waals surface area contributed by atoms with E-state index in [2.05, 4.69) is 12.2 Å². The van der Waals surface area contributed by atoms with Gasteiger partial charge in [0.25, 0.3) is 0 Å². The molecule has 0 aliphatic heterocycles. The first-order valence-corrected chi connectivity index (χ1v) is 7.46. The summed E-state index contributed by atoms with van der Waals surface area (Å²) in [5.74, 6) is 0.783. The Kier molecular flexibility index (Phi) is 5.42. The summed E-state index contributed by atoms with van der Waals surface area (Å²) in [6.07, 6.45) is 1.30. The lowest BCUT2D eigenvalue weighted by molar-refractivity contribution is -0.115. The van der Waals surface area contributed by atoms with Crippen molar-refractivity contribution >= 4 is 17.3 Å². The van der Waals surface area contributed by atoms with E-state index in [1.54, 1.807) is 12.1 Å². The maximum atomic E-state index is 12.1. The number of rotatable bonds is 6. The molecule has 2 aromatic carbocycles. The SMILES string of the molecule is CCCOc1ccc(NC(=O)Cc2ccc(N)cc2)c(C)c1. The van der Waals surface area contributed by atoms with E-state index in [1.165, 1.54) is 0 Å². The van der Waals surface area contributed by atoms with Gasteiger partial charge in [0, 0.05) is 11.4 Å². The van der Waals surface area contributed by atoms with E-state index >= 15 is 0 Å². The van der Waals surface area contributed by atoms with Gasteiger partial charge in [-0.2, -0.15) is 0 Å². The number of ether oxygens (including phenoxy) is 1. The van der Waals surface area contributed by atoms with Gasteiger partial charge in [-0.05, 0) is 54.8 Å². The first-order chi connectivity index (χ1) is 10.6. The molecule has 0 atom stereocenters. The Morgan fingerprint density at radius 2 is 1.91 bits per heavy atom.